The third-order valence-corrected chi connectivity index (χ3v) is 5.66. The SMILES string of the molecule is CC1(C)CC(=O)C2=C(C1)N(Cc1ccco1)C(=O)[C@]2(NC(=O)c1cccnc1)C(F)(F)F. The van der Waals surface area contributed by atoms with Gasteiger partial charge in [-0.15, -0.1) is 0 Å². The minimum Gasteiger partial charge on any atom is -0.467 e. The molecule has 2 aromatic heterocycles. The molecule has 0 spiro atoms. The Kier molecular flexibility index (Phi) is 4.98. The smallest absolute Gasteiger partial charge is 0.425 e. The fourth-order valence-electron chi connectivity index (χ4n) is 4.29. The first-order valence-corrected chi connectivity index (χ1v) is 9.87. The van der Waals surface area contributed by atoms with Crippen molar-refractivity contribution in [2.45, 2.75) is 44.9 Å². The monoisotopic (exact) mass is 447 g/mol. The normalized spacial score (nSPS) is 22.8. The predicted octanol–water partition coefficient (Wildman–Crippen LogP) is 3.39. The highest BCUT2D eigenvalue weighted by Gasteiger charge is 2.71. The van der Waals surface area contributed by atoms with E-state index in [1.54, 1.807) is 19.9 Å². The summed E-state index contributed by atoms with van der Waals surface area (Å²) >= 11 is 0. The fraction of sp³-hybridized carbons (Fsp3) is 0.364. The molecular weight excluding hydrogens is 427 g/mol. The van der Waals surface area contributed by atoms with Crippen LogP contribution in [0, 0.1) is 5.41 Å². The van der Waals surface area contributed by atoms with E-state index in [1.807, 2.05) is 5.32 Å². The molecule has 0 saturated carbocycles. The van der Waals surface area contributed by atoms with Crippen molar-refractivity contribution in [1.82, 2.24) is 15.2 Å². The van der Waals surface area contributed by atoms with E-state index in [0.29, 0.717) is 0 Å². The Morgan fingerprint density at radius 3 is 2.56 bits per heavy atom. The van der Waals surface area contributed by atoms with Crippen LogP contribution in [0.4, 0.5) is 13.2 Å². The number of alkyl halides is 3. The highest BCUT2D eigenvalue weighted by Crippen LogP contribution is 2.52. The molecule has 168 valence electrons. The van der Waals surface area contributed by atoms with Gasteiger partial charge >= 0.3 is 6.18 Å². The molecule has 1 atom stereocenters. The summed E-state index contributed by atoms with van der Waals surface area (Å²) in [5, 5.41) is 1.86. The van der Waals surface area contributed by atoms with E-state index in [0.717, 1.165) is 11.1 Å². The average molecular weight is 447 g/mol. The maximum Gasteiger partial charge on any atom is 0.425 e. The second kappa shape index (κ2) is 7.32. The molecule has 32 heavy (non-hydrogen) atoms. The molecule has 0 unspecified atom stereocenters. The number of amides is 2. The highest BCUT2D eigenvalue weighted by molar-refractivity contribution is 6.14. The lowest BCUT2D eigenvalue weighted by Gasteiger charge is -2.35. The van der Waals surface area contributed by atoms with Crippen LogP contribution >= 0.6 is 0 Å². The second-order valence-electron chi connectivity index (χ2n) is 8.68. The van der Waals surface area contributed by atoms with Gasteiger partial charge < -0.3 is 14.6 Å². The number of furan rings is 1. The zero-order valence-electron chi connectivity index (χ0n) is 17.3. The molecule has 2 aliphatic rings. The maximum absolute atomic E-state index is 14.6. The number of Topliss-reactive ketones (excluding diaryl/α,β-unsaturated/α-hetero) is 1. The first-order chi connectivity index (χ1) is 15.0. The zero-order valence-corrected chi connectivity index (χ0v) is 17.3. The predicted molar refractivity (Wildman–Crippen MR) is 105 cm³/mol. The first kappa shape index (κ1) is 21.8. The van der Waals surface area contributed by atoms with Crippen molar-refractivity contribution in [1.29, 1.82) is 0 Å². The molecule has 10 heteroatoms. The van der Waals surface area contributed by atoms with Crippen LogP contribution < -0.4 is 5.32 Å². The van der Waals surface area contributed by atoms with Crippen LogP contribution in [-0.2, 0) is 16.1 Å². The third kappa shape index (κ3) is 3.39. The summed E-state index contributed by atoms with van der Waals surface area (Å²) in [5.74, 6) is -3.17. The molecule has 0 aromatic carbocycles. The van der Waals surface area contributed by atoms with Gasteiger partial charge in [0.05, 0.1) is 23.9 Å². The highest BCUT2D eigenvalue weighted by atomic mass is 19.4. The van der Waals surface area contributed by atoms with E-state index >= 15 is 0 Å². The van der Waals surface area contributed by atoms with Gasteiger partial charge in [0, 0.05) is 24.5 Å². The standard InChI is InChI=1S/C22H20F3N3O4/c1-20(2)9-15-17(16(29)10-20)21(22(23,24)25,27-18(30)13-5-3-7-26-11-13)19(31)28(15)12-14-6-4-8-32-14/h3-8,11H,9-10,12H2,1-2H3,(H,27,30)/t21-/m0/s1. The quantitative estimate of drug-likeness (QED) is 0.776. The van der Waals surface area contributed by atoms with Crippen molar-refractivity contribution in [2.75, 3.05) is 0 Å². The second-order valence-corrected chi connectivity index (χ2v) is 8.68. The lowest BCUT2D eigenvalue weighted by atomic mass is 9.72. The summed E-state index contributed by atoms with van der Waals surface area (Å²) in [4.78, 5) is 43.9. The molecule has 0 bridgehead atoms. The molecule has 3 heterocycles. The van der Waals surface area contributed by atoms with E-state index in [-0.39, 0.29) is 36.4 Å². The van der Waals surface area contributed by atoms with Crippen LogP contribution in [0.2, 0.25) is 0 Å². The van der Waals surface area contributed by atoms with Crippen LogP contribution in [0.25, 0.3) is 0 Å². The van der Waals surface area contributed by atoms with E-state index in [9.17, 15) is 27.6 Å². The molecule has 0 radical (unpaired) electrons. The molecule has 1 N–H and O–H groups in total. The van der Waals surface area contributed by atoms with Crippen molar-refractivity contribution in [3.8, 4) is 0 Å². The molecule has 2 amide bonds. The maximum atomic E-state index is 14.6. The summed E-state index contributed by atoms with van der Waals surface area (Å²) in [6, 6.07) is 5.72. The van der Waals surface area contributed by atoms with Crippen molar-refractivity contribution in [2.24, 2.45) is 5.41 Å². The van der Waals surface area contributed by atoms with Crippen LogP contribution in [0.5, 0.6) is 0 Å². The Bertz CT molecular complexity index is 1110. The Morgan fingerprint density at radius 1 is 1.22 bits per heavy atom. The number of pyridine rings is 1. The summed E-state index contributed by atoms with van der Waals surface area (Å²) in [6.45, 7) is 3.19. The molecule has 4 rings (SSSR count). The zero-order chi connectivity index (χ0) is 23.3. The van der Waals surface area contributed by atoms with Crippen LogP contribution in [0.15, 0.2) is 58.6 Å². The number of aromatic nitrogens is 1. The van der Waals surface area contributed by atoms with E-state index in [1.165, 1.54) is 30.7 Å². The lowest BCUT2D eigenvalue weighted by molar-refractivity contribution is -0.191. The van der Waals surface area contributed by atoms with Gasteiger partial charge in [-0.05, 0) is 36.1 Å². The van der Waals surface area contributed by atoms with Crippen molar-refractivity contribution >= 4 is 17.6 Å². The Labute approximate surface area is 181 Å². The van der Waals surface area contributed by atoms with Crippen molar-refractivity contribution in [3.63, 3.8) is 0 Å². The minimum absolute atomic E-state index is 0.0449. The Balaban J connectivity index is 1.88. The number of hydrogen-bond acceptors (Lipinski definition) is 5. The third-order valence-electron chi connectivity index (χ3n) is 5.66. The van der Waals surface area contributed by atoms with Crippen LogP contribution in [-0.4, -0.2) is 39.2 Å². The van der Waals surface area contributed by atoms with Crippen molar-refractivity contribution < 1.29 is 32.0 Å². The number of carbonyl (C=O) groups is 3. The summed E-state index contributed by atoms with van der Waals surface area (Å²) in [7, 11) is 0. The van der Waals surface area contributed by atoms with Gasteiger partial charge in [0.1, 0.15) is 5.76 Å². The van der Waals surface area contributed by atoms with Gasteiger partial charge in [-0.25, -0.2) is 0 Å². The molecule has 1 aliphatic carbocycles. The number of halogens is 3. The molecule has 7 nitrogen and oxygen atoms in total. The number of carbonyl (C=O) groups excluding carboxylic acids is 3. The average Bonchev–Trinajstić information content (AvgIpc) is 3.29. The summed E-state index contributed by atoms with van der Waals surface area (Å²) in [6.07, 6.45) is -1.62. The Morgan fingerprint density at radius 2 is 1.97 bits per heavy atom. The van der Waals surface area contributed by atoms with E-state index in [4.69, 9.17) is 4.42 Å². The van der Waals surface area contributed by atoms with Gasteiger partial charge in [0.2, 0.25) is 5.54 Å². The van der Waals surface area contributed by atoms with Gasteiger partial charge in [-0.1, -0.05) is 13.8 Å². The summed E-state index contributed by atoms with van der Waals surface area (Å²) < 4.78 is 49.2. The summed E-state index contributed by atoms with van der Waals surface area (Å²) in [5.41, 5.74) is -5.09. The van der Waals surface area contributed by atoms with Gasteiger partial charge in [0.15, 0.2) is 5.78 Å². The Hall–Kier alpha value is -3.43. The number of hydrogen-bond donors (Lipinski definition) is 1. The van der Waals surface area contributed by atoms with Gasteiger partial charge in [-0.2, -0.15) is 13.2 Å². The van der Waals surface area contributed by atoms with Crippen LogP contribution in [0.3, 0.4) is 0 Å². The molecule has 1 aliphatic heterocycles. The number of allylic oxidation sites excluding steroid dienone is 1. The van der Waals surface area contributed by atoms with Crippen molar-refractivity contribution in [3.05, 3.63) is 65.5 Å². The number of rotatable bonds is 4. The number of ketones is 1. The van der Waals surface area contributed by atoms with E-state index < -0.39 is 40.3 Å². The van der Waals surface area contributed by atoms with Gasteiger partial charge in [0.25, 0.3) is 11.8 Å². The van der Waals surface area contributed by atoms with Gasteiger partial charge in [-0.3, -0.25) is 19.4 Å². The first-order valence-electron chi connectivity index (χ1n) is 9.87. The molecule has 2 aromatic rings. The largest absolute Gasteiger partial charge is 0.467 e. The fourth-order valence-corrected chi connectivity index (χ4v) is 4.29. The molecule has 0 saturated heterocycles. The van der Waals surface area contributed by atoms with Crippen LogP contribution in [0.1, 0.15) is 42.8 Å². The lowest BCUT2D eigenvalue weighted by Crippen LogP contribution is -2.66. The molecular formula is C22H20F3N3O4. The minimum atomic E-state index is -5.27. The molecule has 0 fully saturated rings. The van der Waals surface area contributed by atoms with E-state index in [2.05, 4.69) is 4.98 Å². The number of nitrogens with one attached hydrogen (secondary N) is 1. The topological polar surface area (TPSA) is 92.5 Å². The number of nitrogens with zero attached hydrogens (tertiary/aromatic N) is 2.